The van der Waals surface area contributed by atoms with Gasteiger partial charge < -0.3 is 5.11 Å². The molecule has 0 aliphatic carbocycles. The minimum atomic E-state index is -4.49. The summed E-state index contributed by atoms with van der Waals surface area (Å²) in [4.78, 5) is 13.5. The second-order valence-corrected chi connectivity index (χ2v) is 3.06. The number of hydrogen-bond donors (Lipinski definition) is 1. The fourth-order valence-electron chi connectivity index (χ4n) is 1.09. The van der Waals surface area contributed by atoms with Crippen LogP contribution in [0.1, 0.15) is 16.8 Å². The van der Waals surface area contributed by atoms with Crippen molar-refractivity contribution in [2.24, 2.45) is 0 Å². The molecule has 15 heavy (non-hydrogen) atoms. The molecule has 0 radical (unpaired) electrons. The summed E-state index contributed by atoms with van der Waals surface area (Å²) >= 11 is 0. The number of aliphatic carboxylic acids is 1. The molecule has 1 rings (SSSR count). The second-order valence-electron chi connectivity index (χ2n) is 3.06. The molecular weight excluding hydrogens is 211 g/mol. The molecule has 1 heterocycles. The van der Waals surface area contributed by atoms with Crippen LogP contribution in [0, 0.1) is 6.92 Å². The van der Waals surface area contributed by atoms with Crippen LogP contribution in [0.15, 0.2) is 12.3 Å². The molecule has 1 aromatic heterocycles. The van der Waals surface area contributed by atoms with Crippen molar-refractivity contribution in [2.75, 3.05) is 0 Å². The molecule has 0 bridgehead atoms. The first kappa shape index (κ1) is 11.5. The SMILES string of the molecule is Cc1cc(C(F)(F)F)ncc1CC(=O)O. The zero-order valence-corrected chi connectivity index (χ0v) is 7.80. The molecule has 0 atom stereocenters. The Morgan fingerprint density at radius 3 is 2.53 bits per heavy atom. The molecule has 0 amide bonds. The molecule has 3 nitrogen and oxygen atoms in total. The molecule has 0 unspecified atom stereocenters. The molecule has 0 fully saturated rings. The molecule has 0 aromatic carbocycles. The molecule has 1 aromatic rings. The predicted octanol–water partition coefficient (Wildman–Crippen LogP) is 2.04. The first-order valence-electron chi connectivity index (χ1n) is 4.05. The van der Waals surface area contributed by atoms with Crippen molar-refractivity contribution < 1.29 is 23.1 Å². The second kappa shape index (κ2) is 3.88. The lowest BCUT2D eigenvalue weighted by Gasteiger charge is -2.08. The number of carboxylic acid groups (broad SMARTS) is 1. The van der Waals surface area contributed by atoms with Gasteiger partial charge >= 0.3 is 12.1 Å². The Morgan fingerprint density at radius 1 is 1.53 bits per heavy atom. The minimum absolute atomic E-state index is 0.278. The number of carboxylic acids is 1. The molecular formula is C9H8F3NO2. The Hall–Kier alpha value is -1.59. The third-order valence-electron chi connectivity index (χ3n) is 1.85. The predicted molar refractivity (Wildman–Crippen MR) is 45.3 cm³/mol. The van der Waals surface area contributed by atoms with Crippen LogP contribution < -0.4 is 0 Å². The van der Waals surface area contributed by atoms with E-state index in [2.05, 4.69) is 4.98 Å². The summed E-state index contributed by atoms with van der Waals surface area (Å²) in [5.74, 6) is -1.10. The number of carbonyl (C=O) groups is 1. The van der Waals surface area contributed by atoms with Gasteiger partial charge in [-0.25, -0.2) is 0 Å². The first-order chi connectivity index (χ1) is 6.80. The largest absolute Gasteiger partial charge is 0.481 e. The van der Waals surface area contributed by atoms with E-state index in [4.69, 9.17) is 5.11 Å². The molecule has 0 saturated heterocycles. The summed E-state index contributed by atoms with van der Waals surface area (Å²) in [6, 6.07) is 0.846. The summed E-state index contributed by atoms with van der Waals surface area (Å²) in [7, 11) is 0. The highest BCUT2D eigenvalue weighted by Gasteiger charge is 2.32. The molecule has 0 spiro atoms. The summed E-state index contributed by atoms with van der Waals surface area (Å²) in [5, 5.41) is 8.47. The topological polar surface area (TPSA) is 50.2 Å². The highest BCUT2D eigenvalue weighted by atomic mass is 19.4. The van der Waals surface area contributed by atoms with Crippen LogP contribution in [0.25, 0.3) is 0 Å². The summed E-state index contributed by atoms with van der Waals surface area (Å²) in [5.41, 5.74) is -0.440. The van der Waals surface area contributed by atoms with Gasteiger partial charge in [0.25, 0.3) is 0 Å². The highest BCUT2D eigenvalue weighted by molar-refractivity contribution is 5.70. The molecule has 6 heteroatoms. The van der Waals surface area contributed by atoms with Crippen LogP contribution in [0.2, 0.25) is 0 Å². The number of rotatable bonds is 2. The Morgan fingerprint density at radius 2 is 2.13 bits per heavy atom. The molecule has 0 aliphatic rings. The van der Waals surface area contributed by atoms with Gasteiger partial charge in [-0.3, -0.25) is 9.78 Å². The zero-order valence-electron chi connectivity index (χ0n) is 7.80. The third kappa shape index (κ3) is 2.93. The lowest BCUT2D eigenvalue weighted by atomic mass is 10.1. The van der Waals surface area contributed by atoms with Gasteiger partial charge in [-0.1, -0.05) is 0 Å². The van der Waals surface area contributed by atoms with E-state index in [1.807, 2.05) is 0 Å². The van der Waals surface area contributed by atoms with E-state index in [0.717, 1.165) is 12.3 Å². The van der Waals surface area contributed by atoms with Crippen molar-refractivity contribution in [3.05, 3.63) is 29.1 Å². The average molecular weight is 219 g/mol. The van der Waals surface area contributed by atoms with Crippen molar-refractivity contribution in [3.8, 4) is 0 Å². The van der Waals surface area contributed by atoms with Gasteiger partial charge in [-0.05, 0) is 24.1 Å². The van der Waals surface area contributed by atoms with Crippen molar-refractivity contribution in [2.45, 2.75) is 19.5 Å². The smallest absolute Gasteiger partial charge is 0.433 e. The number of hydrogen-bond acceptors (Lipinski definition) is 2. The molecule has 0 aliphatic heterocycles. The highest BCUT2D eigenvalue weighted by Crippen LogP contribution is 2.28. The van der Waals surface area contributed by atoms with Crippen LogP contribution in [0.5, 0.6) is 0 Å². The summed E-state index contributed by atoms with van der Waals surface area (Å²) < 4.78 is 36.5. The maximum atomic E-state index is 12.2. The van der Waals surface area contributed by atoms with Crippen LogP contribution in [-0.4, -0.2) is 16.1 Å². The maximum absolute atomic E-state index is 12.2. The Balaban J connectivity index is 3.03. The normalized spacial score (nSPS) is 11.5. The third-order valence-corrected chi connectivity index (χ3v) is 1.85. The number of halogens is 3. The van der Waals surface area contributed by atoms with Crippen LogP contribution in [0.4, 0.5) is 13.2 Å². The van der Waals surface area contributed by atoms with Gasteiger partial charge in [-0.2, -0.15) is 13.2 Å². The molecule has 1 N–H and O–H groups in total. The Labute approximate surface area is 83.6 Å². The van der Waals surface area contributed by atoms with Gasteiger partial charge in [-0.15, -0.1) is 0 Å². The number of pyridine rings is 1. The lowest BCUT2D eigenvalue weighted by Crippen LogP contribution is -2.10. The van der Waals surface area contributed by atoms with Crippen LogP contribution >= 0.6 is 0 Å². The van der Waals surface area contributed by atoms with Gasteiger partial charge in [0.05, 0.1) is 6.42 Å². The van der Waals surface area contributed by atoms with E-state index < -0.39 is 17.8 Å². The number of aryl methyl sites for hydroxylation is 1. The average Bonchev–Trinajstić information content (AvgIpc) is 2.05. The quantitative estimate of drug-likeness (QED) is 0.827. The number of alkyl halides is 3. The van der Waals surface area contributed by atoms with Crippen molar-refractivity contribution >= 4 is 5.97 Å². The Kier molecular flexibility index (Phi) is 2.97. The van der Waals surface area contributed by atoms with Crippen LogP contribution in [-0.2, 0) is 17.4 Å². The standard InChI is InChI=1S/C9H8F3NO2/c1-5-2-7(9(10,11)12)13-4-6(5)3-8(14)15/h2,4H,3H2,1H3,(H,14,15). The molecule has 82 valence electrons. The van der Waals surface area contributed by atoms with E-state index >= 15 is 0 Å². The monoisotopic (exact) mass is 219 g/mol. The van der Waals surface area contributed by atoms with E-state index in [-0.39, 0.29) is 17.5 Å². The zero-order chi connectivity index (χ0) is 11.6. The van der Waals surface area contributed by atoms with Crippen molar-refractivity contribution in [1.82, 2.24) is 4.98 Å². The van der Waals surface area contributed by atoms with E-state index in [0.29, 0.717) is 0 Å². The van der Waals surface area contributed by atoms with Crippen molar-refractivity contribution in [3.63, 3.8) is 0 Å². The summed E-state index contributed by atoms with van der Waals surface area (Å²) in [6.45, 7) is 1.43. The molecule has 0 saturated carbocycles. The number of nitrogens with zero attached hydrogens (tertiary/aromatic N) is 1. The maximum Gasteiger partial charge on any atom is 0.433 e. The lowest BCUT2D eigenvalue weighted by molar-refractivity contribution is -0.141. The first-order valence-corrected chi connectivity index (χ1v) is 4.05. The minimum Gasteiger partial charge on any atom is -0.481 e. The van der Waals surface area contributed by atoms with Gasteiger partial charge in [0.1, 0.15) is 5.69 Å². The fraction of sp³-hybridized carbons (Fsp3) is 0.333. The van der Waals surface area contributed by atoms with Gasteiger partial charge in [0.15, 0.2) is 0 Å². The van der Waals surface area contributed by atoms with E-state index in [9.17, 15) is 18.0 Å². The van der Waals surface area contributed by atoms with Crippen LogP contribution in [0.3, 0.4) is 0 Å². The van der Waals surface area contributed by atoms with E-state index in [1.165, 1.54) is 6.92 Å². The Bertz CT molecular complexity index is 387. The van der Waals surface area contributed by atoms with Gasteiger partial charge in [0.2, 0.25) is 0 Å². The summed E-state index contributed by atoms with van der Waals surface area (Å²) in [6.07, 6.45) is -3.87. The van der Waals surface area contributed by atoms with E-state index in [1.54, 1.807) is 0 Å². The fourth-order valence-corrected chi connectivity index (χ4v) is 1.09. The number of aromatic nitrogens is 1. The van der Waals surface area contributed by atoms with Gasteiger partial charge in [0, 0.05) is 6.20 Å². The van der Waals surface area contributed by atoms with Crippen molar-refractivity contribution in [1.29, 1.82) is 0 Å².